The molecule has 2 aliphatic rings. The molecule has 1 aromatic carbocycles. The van der Waals surface area contributed by atoms with Crippen LogP contribution in [-0.4, -0.2) is 57.4 Å². The summed E-state index contributed by atoms with van der Waals surface area (Å²) in [5, 5.41) is 13.8. The molecule has 2 fully saturated rings. The fraction of sp³-hybridized carbons (Fsp3) is 0.583. The Balaban J connectivity index is 1.66. The van der Waals surface area contributed by atoms with Crippen LogP contribution in [0.25, 0.3) is 10.9 Å². The third-order valence-corrected chi connectivity index (χ3v) is 7.11. The van der Waals surface area contributed by atoms with E-state index in [4.69, 9.17) is 9.47 Å². The fourth-order valence-electron chi connectivity index (χ4n) is 5.39. The third-order valence-electron chi connectivity index (χ3n) is 7.11. The molecule has 1 N–H and O–H groups in total. The second kappa shape index (κ2) is 9.51. The summed E-state index contributed by atoms with van der Waals surface area (Å²) in [5.41, 5.74) is 1.27. The zero-order valence-corrected chi connectivity index (χ0v) is 19.4. The largest absolute Gasteiger partial charge is 0.493 e. The van der Waals surface area contributed by atoms with Gasteiger partial charge in [0.05, 0.1) is 25.8 Å². The number of methoxy groups -OCH3 is 2. The van der Waals surface area contributed by atoms with E-state index >= 15 is 0 Å². The Labute approximate surface area is 193 Å². The molecule has 5 rings (SSSR count). The molecule has 1 atom stereocenters. The zero-order valence-electron chi connectivity index (χ0n) is 19.4. The lowest BCUT2D eigenvalue weighted by atomic mass is 10.0. The molecule has 9 heteroatoms. The van der Waals surface area contributed by atoms with E-state index in [1.54, 1.807) is 14.2 Å². The molecule has 1 aliphatic carbocycles. The van der Waals surface area contributed by atoms with Crippen molar-refractivity contribution in [2.75, 3.05) is 27.3 Å². The van der Waals surface area contributed by atoms with Crippen molar-refractivity contribution in [2.24, 2.45) is 0 Å². The number of tetrazole rings is 1. The first-order valence-corrected chi connectivity index (χ1v) is 12.0. The number of pyridine rings is 1. The van der Waals surface area contributed by atoms with Crippen LogP contribution in [0.3, 0.4) is 0 Å². The van der Waals surface area contributed by atoms with Gasteiger partial charge >= 0.3 is 0 Å². The zero-order chi connectivity index (χ0) is 22.8. The Bertz CT molecular complexity index is 1160. The van der Waals surface area contributed by atoms with Crippen LogP contribution in [0.5, 0.6) is 11.5 Å². The van der Waals surface area contributed by atoms with Crippen LogP contribution in [0.15, 0.2) is 23.0 Å². The summed E-state index contributed by atoms with van der Waals surface area (Å²) >= 11 is 0. The lowest BCUT2D eigenvalue weighted by Gasteiger charge is -2.30. The van der Waals surface area contributed by atoms with E-state index in [1.807, 2.05) is 22.9 Å². The molecular formula is C24H32N6O3. The molecular weight excluding hydrogens is 420 g/mol. The van der Waals surface area contributed by atoms with Crippen LogP contribution >= 0.6 is 0 Å². The van der Waals surface area contributed by atoms with E-state index in [-0.39, 0.29) is 11.6 Å². The second-order valence-corrected chi connectivity index (χ2v) is 9.12. The van der Waals surface area contributed by atoms with Crippen molar-refractivity contribution >= 4 is 10.9 Å². The van der Waals surface area contributed by atoms with Crippen molar-refractivity contribution < 1.29 is 9.47 Å². The van der Waals surface area contributed by atoms with Crippen LogP contribution in [0, 0.1) is 0 Å². The number of likely N-dealkylation sites (tertiary alicyclic amines) is 1. The van der Waals surface area contributed by atoms with Gasteiger partial charge in [0, 0.05) is 17.0 Å². The van der Waals surface area contributed by atoms with Gasteiger partial charge in [-0.05, 0) is 61.3 Å². The van der Waals surface area contributed by atoms with E-state index in [9.17, 15) is 4.79 Å². The van der Waals surface area contributed by atoms with E-state index in [2.05, 4.69) is 25.4 Å². The van der Waals surface area contributed by atoms with Crippen LogP contribution < -0.4 is 15.0 Å². The van der Waals surface area contributed by atoms with Gasteiger partial charge in [0.1, 0.15) is 6.04 Å². The fourth-order valence-corrected chi connectivity index (χ4v) is 5.39. The summed E-state index contributed by atoms with van der Waals surface area (Å²) < 4.78 is 12.9. The molecule has 9 nitrogen and oxygen atoms in total. The molecule has 1 aliphatic heterocycles. The maximum absolute atomic E-state index is 13.5. The monoisotopic (exact) mass is 452 g/mol. The van der Waals surface area contributed by atoms with Crippen molar-refractivity contribution in [3.63, 3.8) is 0 Å². The van der Waals surface area contributed by atoms with E-state index in [1.165, 1.54) is 25.7 Å². The van der Waals surface area contributed by atoms with Gasteiger partial charge in [-0.25, -0.2) is 4.68 Å². The molecule has 0 unspecified atom stereocenters. The molecule has 3 heterocycles. The van der Waals surface area contributed by atoms with E-state index < -0.39 is 0 Å². The average Bonchev–Trinajstić information content (AvgIpc) is 3.46. The topological polar surface area (TPSA) is 98.2 Å². The first kappa shape index (κ1) is 21.9. The summed E-state index contributed by atoms with van der Waals surface area (Å²) in [6, 6.07) is 5.70. The second-order valence-electron chi connectivity index (χ2n) is 9.12. The third kappa shape index (κ3) is 4.21. The van der Waals surface area contributed by atoms with Crippen molar-refractivity contribution in [3.05, 3.63) is 39.9 Å². The number of benzene rings is 1. The molecule has 3 aromatic rings. The highest BCUT2D eigenvalue weighted by Gasteiger charge is 2.33. The molecule has 0 radical (unpaired) electrons. The number of nitrogens with zero attached hydrogens (tertiary/aromatic N) is 5. The highest BCUT2D eigenvalue weighted by Crippen LogP contribution is 2.36. The maximum atomic E-state index is 13.5. The molecule has 1 saturated carbocycles. The average molecular weight is 453 g/mol. The first-order chi connectivity index (χ1) is 16.2. The van der Waals surface area contributed by atoms with Gasteiger partial charge in [0.15, 0.2) is 17.3 Å². The highest BCUT2D eigenvalue weighted by atomic mass is 16.5. The maximum Gasteiger partial charge on any atom is 0.253 e. The molecule has 1 saturated heterocycles. The van der Waals surface area contributed by atoms with Gasteiger partial charge in [0.2, 0.25) is 0 Å². The number of ether oxygens (including phenoxy) is 2. The molecule has 2 aromatic heterocycles. The van der Waals surface area contributed by atoms with Crippen LogP contribution in [0.2, 0.25) is 0 Å². The lowest BCUT2D eigenvalue weighted by molar-refractivity contribution is 0.216. The summed E-state index contributed by atoms with van der Waals surface area (Å²) in [6.07, 6.45) is 9.18. The SMILES string of the molecule is COc1cc2cc([C@@H](c3nnnn3C3CCCC3)N3CCCCCC3)c(=O)[nH]c2cc1OC. The van der Waals surface area contributed by atoms with E-state index in [0.29, 0.717) is 28.6 Å². The number of hydrogen-bond acceptors (Lipinski definition) is 7. The van der Waals surface area contributed by atoms with Crippen LogP contribution in [0.4, 0.5) is 0 Å². The number of nitrogens with one attached hydrogen (secondary N) is 1. The quantitative estimate of drug-likeness (QED) is 0.610. The van der Waals surface area contributed by atoms with Gasteiger partial charge in [-0.15, -0.1) is 5.10 Å². The number of rotatable bonds is 6. The molecule has 33 heavy (non-hydrogen) atoms. The predicted octanol–water partition coefficient (Wildman–Crippen LogP) is 3.61. The standard InChI is InChI=1S/C24H32N6O3/c1-32-20-14-16-13-18(24(31)25-19(16)15-21(20)33-2)22(29-11-7-3-4-8-12-29)23-26-27-28-30(23)17-9-5-6-10-17/h13-15,17,22H,3-12H2,1-2H3,(H,25,31)/t22-/m0/s1. The Hall–Kier alpha value is -2.94. The van der Waals surface area contributed by atoms with E-state index in [0.717, 1.165) is 50.0 Å². The normalized spacial score (nSPS) is 19.0. The number of hydrogen-bond donors (Lipinski definition) is 1. The van der Waals surface area contributed by atoms with Gasteiger partial charge in [-0.2, -0.15) is 0 Å². The summed E-state index contributed by atoms with van der Waals surface area (Å²) in [6.45, 7) is 1.84. The van der Waals surface area contributed by atoms with Gasteiger partial charge in [0.25, 0.3) is 5.56 Å². The van der Waals surface area contributed by atoms with Crippen molar-refractivity contribution in [3.8, 4) is 11.5 Å². The Morgan fingerprint density at radius 1 is 0.970 bits per heavy atom. The molecule has 176 valence electrons. The Morgan fingerprint density at radius 2 is 1.67 bits per heavy atom. The summed E-state index contributed by atoms with van der Waals surface area (Å²) in [4.78, 5) is 18.9. The van der Waals surface area contributed by atoms with Crippen molar-refractivity contribution in [1.29, 1.82) is 0 Å². The number of aromatic amines is 1. The Morgan fingerprint density at radius 3 is 2.36 bits per heavy atom. The molecule has 0 amide bonds. The van der Waals surface area contributed by atoms with Gasteiger partial charge in [-0.3, -0.25) is 9.69 Å². The number of H-pyrrole nitrogens is 1. The smallest absolute Gasteiger partial charge is 0.253 e. The van der Waals surface area contributed by atoms with Crippen LogP contribution in [-0.2, 0) is 0 Å². The molecule has 0 bridgehead atoms. The van der Waals surface area contributed by atoms with Crippen LogP contribution in [0.1, 0.15) is 74.8 Å². The lowest BCUT2D eigenvalue weighted by Crippen LogP contribution is -2.36. The van der Waals surface area contributed by atoms with Crippen molar-refractivity contribution in [1.82, 2.24) is 30.1 Å². The van der Waals surface area contributed by atoms with Crippen molar-refractivity contribution in [2.45, 2.75) is 63.5 Å². The minimum Gasteiger partial charge on any atom is -0.493 e. The first-order valence-electron chi connectivity index (χ1n) is 12.0. The van der Waals surface area contributed by atoms with Gasteiger partial charge < -0.3 is 14.5 Å². The van der Waals surface area contributed by atoms with Gasteiger partial charge in [-0.1, -0.05) is 25.7 Å². The number of fused-ring (bicyclic) bond motifs is 1. The predicted molar refractivity (Wildman–Crippen MR) is 125 cm³/mol. The minimum atomic E-state index is -0.292. The summed E-state index contributed by atoms with van der Waals surface area (Å²) in [5.74, 6) is 1.99. The Kier molecular flexibility index (Phi) is 6.30. The summed E-state index contributed by atoms with van der Waals surface area (Å²) in [7, 11) is 3.21. The number of aromatic nitrogens is 5. The minimum absolute atomic E-state index is 0.120. The highest BCUT2D eigenvalue weighted by molar-refractivity contribution is 5.83. The molecule has 0 spiro atoms.